The van der Waals surface area contributed by atoms with Crippen molar-refractivity contribution in [1.82, 2.24) is 0 Å². The Morgan fingerprint density at radius 1 is 1.00 bits per heavy atom. The van der Waals surface area contributed by atoms with Crippen molar-refractivity contribution in [1.29, 1.82) is 0 Å². The van der Waals surface area contributed by atoms with Gasteiger partial charge < -0.3 is 4.74 Å². The molecule has 0 spiro atoms. The number of para-hydroxylation sites is 1. The summed E-state index contributed by atoms with van der Waals surface area (Å²) in [4.78, 5) is 49.2. The van der Waals surface area contributed by atoms with Crippen molar-refractivity contribution in [3.63, 3.8) is 0 Å². The summed E-state index contributed by atoms with van der Waals surface area (Å²) in [6, 6.07) is 17.0. The highest BCUT2D eigenvalue weighted by Crippen LogP contribution is 2.50. The average Bonchev–Trinajstić information content (AvgIpc) is 3.55. The molecule has 1 aliphatic carbocycles. The van der Waals surface area contributed by atoms with Crippen molar-refractivity contribution >= 4 is 39.8 Å². The first-order chi connectivity index (χ1) is 17.5. The number of fused-ring (bicyclic) bond motifs is 2. The van der Waals surface area contributed by atoms with Crippen LogP contribution in [0.2, 0.25) is 0 Å². The van der Waals surface area contributed by atoms with Gasteiger partial charge in [0, 0.05) is 4.88 Å². The Bertz CT molecular complexity index is 1350. The van der Waals surface area contributed by atoms with Gasteiger partial charge in [0.15, 0.2) is 6.10 Å². The normalized spacial score (nSPS) is 23.1. The van der Waals surface area contributed by atoms with Crippen LogP contribution in [0.5, 0.6) is 0 Å². The fourth-order valence-electron chi connectivity index (χ4n) is 5.54. The first-order valence-electron chi connectivity index (χ1n) is 12.2. The maximum absolute atomic E-state index is 14.1. The molecule has 6 rings (SSSR count). The number of carbonyl (C=O) groups excluding carboxylic acids is 3. The second-order valence-corrected chi connectivity index (χ2v) is 10.5. The lowest BCUT2D eigenvalue weighted by Gasteiger charge is -2.28. The van der Waals surface area contributed by atoms with Gasteiger partial charge in [-0.1, -0.05) is 48.0 Å². The van der Waals surface area contributed by atoms with E-state index in [4.69, 9.17) is 9.57 Å². The van der Waals surface area contributed by atoms with Crippen LogP contribution < -0.4 is 9.96 Å². The fraction of sp³-hybridized carbons (Fsp3) is 0.321. The quantitative estimate of drug-likeness (QED) is 0.378. The number of anilines is 2. The molecule has 7 nitrogen and oxygen atoms in total. The minimum absolute atomic E-state index is 0.349. The number of benzene rings is 2. The van der Waals surface area contributed by atoms with E-state index in [1.807, 2.05) is 61.5 Å². The van der Waals surface area contributed by atoms with E-state index >= 15 is 0 Å². The number of amides is 2. The summed E-state index contributed by atoms with van der Waals surface area (Å²) in [5.41, 5.74) is 4.02. The van der Waals surface area contributed by atoms with Crippen LogP contribution in [0.25, 0.3) is 0 Å². The number of ether oxygens (including phenoxy) is 1. The summed E-state index contributed by atoms with van der Waals surface area (Å²) in [6.45, 7) is 2.01. The van der Waals surface area contributed by atoms with Crippen molar-refractivity contribution in [3.05, 3.63) is 81.7 Å². The molecule has 36 heavy (non-hydrogen) atoms. The molecule has 1 aromatic heterocycles. The van der Waals surface area contributed by atoms with E-state index in [9.17, 15) is 14.4 Å². The Hall–Kier alpha value is -3.49. The Morgan fingerprint density at radius 3 is 2.44 bits per heavy atom. The van der Waals surface area contributed by atoms with Crippen molar-refractivity contribution in [2.45, 2.75) is 44.8 Å². The molecule has 0 unspecified atom stereocenters. The molecule has 2 aliphatic heterocycles. The molecule has 3 aromatic rings. The van der Waals surface area contributed by atoms with Gasteiger partial charge in [0.2, 0.25) is 5.91 Å². The van der Waals surface area contributed by atoms with Crippen molar-refractivity contribution in [2.24, 2.45) is 5.92 Å². The number of methoxy groups -OCH3 is 1. The molecular weight excluding hydrogens is 476 g/mol. The zero-order valence-electron chi connectivity index (χ0n) is 20.1. The van der Waals surface area contributed by atoms with Crippen LogP contribution in [0, 0.1) is 12.8 Å². The largest absolute Gasteiger partial charge is 0.465 e. The van der Waals surface area contributed by atoms with Gasteiger partial charge in [-0.25, -0.2) is 14.8 Å². The number of nitrogens with zero attached hydrogens (tertiary/aromatic N) is 2. The summed E-state index contributed by atoms with van der Waals surface area (Å²) >= 11 is 1.36. The van der Waals surface area contributed by atoms with E-state index in [0.29, 0.717) is 10.6 Å². The second kappa shape index (κ2) is 8.87. The second-order valence-electron chi connectivity index (χ2n) is 9.46. The number of hydrogen-bond donors (Lipinski definition) is 0. The van der Waals surface area contributed by atoms with E-state index in [1.54, 1.807) is 5.06 Å². The Balaban J connectivity index is 1.45. The monoisotopic (exact) mass is 502 g/mol. The topological polar surface area (TPSA) is 76.2 Å². The van der Waals surface area contributed by atoms with Crippen LogP contribution in [0.4, 0.5) is 10.7 Å². The molecule has 0 bridgehead atoms. The summed E-state index contributed by atoms with van der Waals surface area (Å²) in [7, 11) is 1.33. The van der Waals surface area contributed by atoms with E-state index in [-0.39, 0.29) is 5.91 Å². The smallest absolute Gasteiger partial charge is 0.341 e. The van der Waals surface area contributed by atoms with Crippen LogP contribution in [0.3, 0.4) is 0 Å². The van der Waals surface area contributed by atoms with Crippen molar-refractivity contribution in [2.75, 3.05) is 17.1 Å². The molecule has 3 aliphatic rings. The SMILES string of the molecule is COC(=O)c1c(N2C(=O)[C@@H]3[C@H](ON(c4ccccc4)[C@@H]3c3ccc(C)cc3)C2=O)sc2c1CCCC2. The lowest BCUT2D eigenvalue weighted by molar-refractivity contribution is -0.126. The van der Waals surface area contributed by atoms with E-state index in [2.05, 4.69) is 0 Å². The van der Waals surface area contributed by atoms with Gasteiger partial charge in [-0.3, -0.25) is 14.4 Å². The van der Waals surface area contributed by atoms with Gasteiger partial charge in [0.25, 0.3) is 5.91 Å². The number of thiophene rings is 1. The lowest BCUT2D eigenvalue weighted by Crippen LogP contribution is -2.37. The predicted octanol–water partition coefficient (Wildman–Crippen LogP) is 4.77. The van der Waals surface area contributed by atoms with Crippen LogP contribution in [-0.2, 0) is 32.0 Å². The molecule has 0 saturated carbocycles. The average molecular weight is 503 g/mol. The molecule has 3 atom stereocenters. The van der Waals surface area contributed by atoms with E-state index < -0.39 is 29.9 Å². The lowest BCUT2D eigenvalue weighted by atomic mass is 9.90. The minimum atomic E-state index is -0.978. The molecule has 2 amide bonds. The van der Waals surface area contributed by atoms with Gasteiger partial charge in [-0.15, -0.1) is 11.3 Å². The Morgan fingerprint density at radius 2 is 1.72 bits per heavy atom. The van der Waals surface area contributed by atoms with E-state index in [1.165, 1.54) is 23.3 Å². The van der Waals surface area contributed by atoms with Gasteiger partial charge in [0.05, 0.1) is 24.4 Å². The van der Waals surface area contributed by atoms with E-state index in [0.717, 1.165) is 52.9 Å². The molecule has 8 heteroatoms. The van der Waals surface area contributed by atoms with Gasteiger partial charge in [-0.05, 0) is 55.9 Å². The summed E-state index contributed by atoms with van der Waals surface area (Å²) < 4.78 is 5.08. The third-order valence-corrected chi connectivity index (χ3v) is 8.57. The number of carbonyl (C=O) groups is 3. The minimum Gasteiger partial charge on any atom is -0.465 e. The van der Waals surface area contributed by atoms with Crippen LogP contribution in [0.15, 0.2) is 54.6 Å². The molecule has 184 valence electrons. The number of esters is 1. The van der Waals surface area contributed by atoms with Crippen molar-refractivity contribution in [3.8, 4) is 0 Å². The molecule has 3 heterocycles. The number of hydrogen-bond acceptors (Lipinski definition) is 7. The summed E-state index contributed by atoms with van der Waals surface area (Å²) in [5, 5.41) is 2.06. The highest BCUT2D eigenvalue weighted by molar-refractivity contribution is 7.17. The highest BCUT2D eigenvalue weighted by atomic mass is 32.1. The summed E-state index contributed by atoms with van der Waals surface area (Å²) in [5.74, 6) is -2.05. The third kappa shape index (κ3) is 3.47. The number of rotatable bonds is 4. The van der Waals surface area contributed by atoms with Gasteiger partial charge >= 0.3 is 5.97 Å². The third-order valence-electron chi connectivity index (χ3n) is 7.29. The van der Waals surface area contributed by atoms with Crippen LogP contribution in [0.1, 0.15) is 50.8 Å². The molecule has 0 radical (unpaired) electrons. The molecule has 2 fully saturated rings. The van der Waals surface area contributed by atoms with Crippen LogP contribution >= 0.6 is 11.3 Å². The highest BCUT2D eigenvalue weighted by Gasteiger charge is 2.61. The van der Waals surface area contributed by atoms with Gasteiger partial charge in [0.1, 0.15) is 10.9 Å². The first-order valence-corrected chi connectivity index (χ1v) is 13.0. The van der Waals surface area contributed by atoms with Crippen molar-refractivity contribution < 1.29 is 24.0 Å². The predicted molar refractivity (Wildman–Crippen MR) is 136 cm³/mol. The number of imide groups is 1. The van der Waals surface area contributed by atoms with Crippen LogP contribution in [-0.4, -0.2) is 31.0 Å². The zero-order valence-corrected chi connectivity index (χ0v) is 20.9. The van der Waals surface area contributed by atoms with Gasteiger partial charge in [-0.2, -0.15) is 0 Å². The maximum Gasteiger partial charge on any atom is 0.341 e. The summed E-state index contributed by atoms with van der Waals surface area (Å²) in [6.07, 6.45) is 2.57. The standard InChI is InChI=1S/C28H26N2O5S/c1-16-12-14-17(15-13-16)23-22-24(35-30(23)18-8-4-3-5-9-18)26(32)29(25(22)31)27-21(28(33)34-2)19-10-6-7-11-20(19)36-27/h3-5,8-9,12-15,22-24H,6-7,10-11H2,1-2H3/t22-,23+,24-/m0/s1. The number of aryl methyl sites for hydroxylation is 2. The maximum atomic E-state index is 14.1. The molecule has 2 aromatic carbocycles. The Labute approximate surface area is 213 Å². The fourth-order valence-corrected chi connectivity index (χ4v) is 6.92. The molecule has 0 N–H and O–H groups in total. The molecule has 2 saturated heterocycles. The zero-order chi connectivity index (χ0) is 25.0. The number of hydroxylamine groups is 1. The Kier molecular flexibility index (Phi) is 5.65. The first kappa shape index (κ1) is 22.9. The molecular formula is C28H26N2O5S.